The van der Waals surface area contributed by atoms with Gasteiger partial charge in [0.2, 0.25) is 0 Å². The largest absolute Gasteiger partial charge is 0.464 e. The summed E-state index contributed by atoms with van der Waals surface area (Å²) in [7, 11) is 0. The predicted molar refractivity (Wildman–Crippen MR) is 55.5 cm³/mol. The number of hydrogen-bond donors (Lipinski definition) is 0. The topological polar surface area (TPSA) is 35.5 Å². The zero-order valence-electron chi connectivity index (χ0n) is 7.09. The maximum absolute atomic E-state index is 10.7. The van der Waals surface area contributed by atoms with Gasteiger partial charge in [-0.15, -0.1) is 0 Å². The molecule has 0 aromatic carbocycles. The average Bonchev–Trinajstić information content (AvgIpc) is 2.05. The van der Waals surface area contributed by atoms with Crippen molar-refractivity contribution < 1.29 is 14.3 Å². The molecular weight excluding hydrogens is 271 g/mol. The number of ether oxygens (including phenoxy) is 2. The molecule has 0 rings (SSSR count). The number of carbonyl (C=O) groups is 1. The Bertz CT molecular complexity index is 145. The summed E-state index contributed by atoms with van der Waals surface area (Å²) in [5.74, 6) is -0.305. The molecule has 3 nitrogen and oxygen atoms in total. The van der Waals surface area contributed by atoms with Gasteiger partial charge in [0.05, 0.1) is 13.2 Å². The molecule has 0 aromatic rings. The van der Waals surface area contributed by atoms with E-state index in [1.54, 1.807) is 6.92 Å². The van der Waals surface area contributed by atoms with Crippen molar-refractivity contribution in [1.82, 2.24) is 0 Å². The highest BCUT2D eigenvalue weighted by atomic mass is 127. The second kappa shape index (κ2) is 8.99. The van der Waals surface area contributed by atoms with Gasteiger partial charge in [-0.3, -0.25) is 0 Å². The number of hydrogen-bond acceptors (Lipinski definition) is 3. The fourth-order valence-electron chi connectivity index (χ4n) is 0.544. The fourth-order valence-corrected chi connectivity index (χ4v) is 0.904. The highest BCUT2D eigenvalue weighted by Gasteiger charge is 1.98. The monoisotopic (exact) mass is 284 g/mol. The van der Waals surface area contributed by atoms with Gasteiger partial charge < -0.3 is 9.47 Å². The molecule has 12 heavy (non-hydrogen) atoms. The molecule has 0 N–H and O–H groups in total. The van der Waals surface area contributed by atoms with Gasteiger partial charge in [-0.25, -0.2) is 4.79 Å². The maximum Gasteiger partial charge on any atom is 0.332 e. The smallest absolute Gasteiger partial charge is 0.332 e. The van der Waals surface area contributed by atoms with E-state index in [1.807, 2.05) is 12.2 Å². The summed E-state index contributed by atoms with van der Waals surface area (Å²) in [6, 6.07) is 0. The Balaban J connectivity index is 3.19. The molecule has 0 aliphatic heterocycles. The minimum atomic E-state index is -0.305. The summed E-state index contributed by atoms with van der Waals surface area (Å²) >= 11 is 2.23. The Labute approximate surface area is 86.3 Å². The number of carbonyl (C=O) groups excluding carboxylic acids is 1. The van der Waals surface area contributed by atoms with E-state index in [1.165, 1.54) is 0 Å². The molecule has 0 bridgehead atoms. The number of rotatable bonds is 6. The van der Waals surface area contributed by atoms with Crippen LogP contribution in [0.5, 0.6) is 0 Å². The second-order valence-electron chi connectivity index (χ2n) is 1.95. The summed E-state index contributed by atoms with van der Waals surface area (Å²) in [6.45, 7) is 2.70. The molecule has 4 heteroatoms. The van der Waals surface area contributed by atoms with Gasteiger partial charge in [-0.2, -0.15) is 0 Å². The van der Waals surface area contributed by atoms with Crippen molar-refractivity contribution in [3.05, 3.63) is 12.2 Å². The summed E-state index contributed by atoms with van der Waals surface area (Å²) in [6.07, 6.45) is 3.86. The fraction of sp³-hybridized carbons (Fsp3) is 0.625. The van der Waals surface area contributed by atoms with Crippen molar-refractivity contribution in [3.63, 3.8) is 0 Å². The Morgan fingerprint density at radius 1 is 1.50 bits per heavy atom. The summed E-state index contributed by atoms with van der Waals surface area (Å²) < 4.78 is 10.6. The van der Waals surface area contributed by atoms with E-state index in [0.717, 1.165) is 4.43 Å². The van der Waals surface area contributed by atoms with Crippen LogP contribution in [-0.4, -0.2) is 30.2 Å². The Kier molecular flexibility index (Phi) is 8.92. The molecule has 0 heterocycles. The van der Waals surface area contributed by atoms with E-state index in [0.29, 0.717) is 13.2 Å². The van der Waals surface area contributed by atoms with Gasteiger partial charge in [0, 0.05) is 4.43 Å². The molecule has 0 saturated heterocycles. The van der Waals surface area contributed by atoms with Gasteiger partial charge in [-0.1, -0.05) is 34.7 Å². The summed E-state index contributed by atoms with van der Waals surface area (Å²) in [4.78, 5) is 10.7. The normalized spacial score (nSPS) is 10.5. The van der Waals surface area contributed by atoms with Crippen LogP contribution in [0.2, 0.25) is 0 Å². The van der Waals surface area contributed by atoms with Crippen LogP contribution in [0.15, 0.2) is 12.2 Å². The first-order chi connectivity index (χ1) is 5.81. The molecule has 0 amide bonds. The van der Waals surface area contributed by atoms with Crippen LogP contribution in [0.1, 0.15) is 6.92 Å². The Morgan fingerprint density at radius 2 is 2.25 bits per heavy atom. The van der Waals surface area contributed by atoms with Gasteiger partial charge in [0.15, 0.2) is 0 Å². The molecule has 70 valence electrons. The van der Waals surface area contributed by atoms with Crippen molar-refractivity contribution in [1.29, 1.82) is 0 Å². The standard InChI is InChI=1S/C8H13IO3/c1-2-12-8(10)7-11-6-4-3-5-9/h3-4H,2,5-7H2,1H3/b4-3+. The zero-order chi connectivity index (χ0) is 9.23. The number of esters is 1. The summed E-state index contributed by atoms with van der Waals surface area (Å²) in [5.41, 5.74) is 0. The molecule has 0 unspecified atom stereocenters. The van der Waals surface area contributed by atoms with Crippen molar-refractivity contribution in [2.24, 2.45) is 0 Å². The highest BCUT2D eigenvalue weighted by molar-refractivity contribution is 14.1. The van der Waals surface area contributed by atoms with Crippen molar-refractivity contribution in [2.75, 3.05) is 24.2 Å². The van der Waals surface area contributed by atoms with Crippen LogP contribution >= 0.6 is 22.6 Å². The van der Waals surface area contributed by atoms with Crippen LogP contribution in [0.4, 0.5) is 0 Å². The Hall–Kier alpha value is -0.100. The third kappa shape index (κ3) is 8.00. The molecule has 0 aromatic heterocycles. The molecule has 0 spiro atoms. The van der Waals surface area contributed by atoms with E-state index < -0.39 is 0 Å². The van der Waals surface area contributed by atoms with E-state index >= 15 is 0 Å². The van der Waals surface area contributed by atoms with Crippen LogP contribution in [0.3, 0.4) is 0 Å². The van der Waals surface area contributed by atoms with Gasteiger partial charge in [0.1, 0.15) is 6.61 Å². The first-order valence-corrected chi connectivity index (χ1v) is 5.28. The third-order valence-corrected chi connectivity index (χ3v) is 1.50. The second-order valence-corrected chi connectivity index (χ2v) is 2.83. The van der Waals surface area contributed by atoms with Gasteiger partial charge in [0.25, 0.3) is 0 Å². The molecule has 0 atom stereocenters. The lowest BCUT2D eigenvalue weighted by Gasteiger charge is -2.00. The number of allylic oxidation sites excluding steroid dienone is 1. The van der Waals surface area contributed by atoms with Crippen LogP contribution < -0.4 is 0 Å². The number of halogens is 1. The SMILES string of the molecule is CCOC(=O)COC/C=C/CI. The zero-order valence-corrected chi connectivity index (χ0v) is 9.24. The highest BCUT2D eigenvalue weighted by Crippen LogP contribution is 1.85. The minimum absolute atomic E-state index is 0.0411. The average molecular weight is 284 g/mol. The first kappa shape index (κ1) is 11.9. The Morgan fingerprint density at radius 3 is 2.83 bits per heavy atom. The van der Waals surface area contributed by atoms with Crippen molar-refractivity contribution in [3.8, 4) is 0 Å². The van der Waals surface area contributed by atoms with Crippen LogP contribution in [-0.2, 0) is 14.3 Å². The van der Waals surface area contributed by atoms with E-state index in [2.05, 4.69) is 27.3 Å². The number of alkyl halides is 1. The molecule has 0 saturated carbocycles. The predicted octanol–water partition coefficient (Wildman–Crippen LogP) is 1.56. The van der Waals surface area contributed by atoms with Crippen molar-refractivity contribution >= 4 is 28.6 Å². The molecule has 0 aliphatic rings. The first-order valence-electron chi connectivity index (χ1n) is 3.75. The lowest BCUT2D eigenvalue weighted by molar-refractivity contribution is -0.147. The summed E-state index contributed by atoms with van der Waals surface area (Å²) in [5, 5.41) is 0. The van der Waals surface area contributed by atoms with Crippen LogP contribution in [0, 0.1) is 0 Å². The van der Waals surface area contributed by atoms with Crippen molar-refractivity contribution in [2.45, 2.75) is 6.92 Å². The van der Waals surface area contributed by atoms with E-state index in [-0.39, 0.29) is 12.6 Å². The van der Waals surface area contributed by atoms with E-state index in [4.69, 9.17) is 4.74 Å². The molecule has 0 fully saturated rings. The molecular formula is C8H13IO3. The van der Waals surface area contributed by atoms with Gasteiger partial charge >= 0.3 is 5.97 Å². The maximum atomic E-state index is 10.7. The minimum Gasteiger partial charge on any atom is -0.464 e. The lowest BCUT2D eigenvalue weighted by Crippen LogP contribution is -2.12. The van der Waals surface area contributed by atoms with Gasteiger partial charge in [-0.05, 0) is 6.92 Å². The third-order valence-electron chi connectivity index (χ3n) is 0.995. The van der Waals surface area contributed by atoms with E-state index in [9.17, 15) is 4.79 Å². The molecule has 0 radical (unpaired) electrons. The molecule has 0 aliphatic carbocycles. The van der Waals surface area contributed by atoms with Crippen LogP contribution in [0.25, 0.3) is 0 Å². The quantitative estimate of drug-likeness (QED) is 0.244. The lowest BCUT2D eigenvalue weighted by atomic mass is 10.5.